The normalized spacial score (nSPS) is 11.8. The average molecular weight is 262 g/mol. The van der Waals surface area contributed by atoms with Crippen molar-refractivity contribution in [3.05, 3.63) is 41.1 Å². The highest BCUT2D eigenvalue weighted by Gasteiger charge is 2.12. The maximum Gasteiger partial charge on any atom is 0.132 e. The van der Waals surface area contributed by atoms with E-state index in [1.54, 1.807) is 18.5 Å². The van der Waals surface area contributed by atoms with Crippen LogP contribution in [0.15, 0.2) is 24.5 Å². The second kappa shape index (κ2) is 5.52. The lowest BCUT2D eigenvalue weighted by Crippen LogP contribution is -2.12. The van der Waals surface area contributed by atoms with E-state index in [0.29, 0.717) is 16.5 Å². The molecular weight excluding hydrogens is 250 g/mol. The number of aromatic amines is 1. The van der Waals surface area contributed by atoms with Gasteiger partial charge in [-0.1, -0.05) is 18.5 Å². The number of nitriles is 1. The molecule has 1 unspecified atom stereocenters. The minimum Gasteiger partial charge on any atom is -0.360 e. The number of hydrogen-bond donors (Lipinski definition) is 2. The van der Waals surface area contributed by atoms with Crippen molar-refractivity contribution in [2.24, 2.45) is 0 Å². The van der Waals surface area contributed by atoms with Crippen molar-refractivity contribution in [1.82, 2.24) is 15.0 Å². The highest BCUT2D eigenvalue weighted by atomic mass is 35.5. The van der Waals surface area contributed by atoms with Crippen LogP contribution in [0.2, 0.25) is 5.15 Å². The number of hydrogen-bond acceptors (Lipinski definition) is 4. The first-order chi connectivity index (χ1) is 8.72. The van der Waals surface area contributed by atoms with Gasteiger partial charge in [0.15, 0.2) is 0 Å². The molecule has 0 bridgehead atoms. The van der Waals surface area contributed by atoms with Crippen LogP contribution in [0.25, 0.3) is 0 Å². The van der Waals surface area contributed by atoms with Crippen LogP contribution >= 0.6 is 11.6 Å². The maximum atomic E-state index is 8.88. The third-order valence-corrected chi connectivity index (χ3v) is 2.70. The lowest BCUT2D eigenvalue weighted by atomic mass is 10.2. The van der Waals surface area contributed by atoms with Gasteiger partial charge in [-0.25, -0.2) is 9.97 Å². The van der Waals surface area contributed by atoms with Crippen molar-refractivity contribution >= 4 is 17.4 Å². The summed E-state index contributed by atoms with van der Waals surface area (Å²) in [6.45, 7) is 2.04. The van der Waals surface area contributed by atoms with Crippen LogP contribution in [0, 0.1) is 11.3 Å². The summed E-state index contributed by atoms with van der Waals surface area (Å²) in [5.74, 6) is 1.40. The van der Waals surface area contributed by atoms with Gasteiger partial charge in [-0.05, 0) is 18.6 Å². The smallest absolute Gasteiger partial charge is 0.132 e. The molecule has 6 heteroatoms. The molecule has 0 aliphatic heterocycles. The molecule has 2 N–H and O–H groups in total. The molecule has 0 amide bonds. The monoisotopic (exact) mass is 261 g/mol. The van der Waals surface area contributed by atoms with E-state index < -0.39 is 0 Å². The summed E-state index contributed by atoms with van der Waals surface area (Å²) >= 11 is 5.85. The molecule has 0 spiro atoms. The van der Waals surface area contributed by atoms with Gasteiger partial charge in [0.1, 0.15) is 16.8 Å². The largest absolute Gasteiger partial charge is 0.360 e. The van der Waals surface area contributed by atoms with Crippen LogP contribution in [0.1, 0.15) is 30.8 Å². The Balaban J connectivity index is 2.22. The van der Waals surface area contributed by atoms with Crippen molar-refractivity contribution in [3.63, 3.8) is 0 Å². The molecule has 0 aromatic carbocycles. The van der Waals surface area contributed by atoms with E-state index in [1.807, 2.05) is 13.0 Å². The number of H-pyrrole nitrogens is 1. The lowest BCUT2D eigenvalue weighted by molar-refractivity contribution is 0.700. The number of nitrogens with one attached hydrogen (secondary N) is 2. The predicted molar refractivity (Wildman–Crippen MR) is 69.2 cm³/mol. The van der Waals surface area contributed by atoms with Crippen molar-refractivity contribution in [2.45, 2.75) is 19.4 Å². The fraction of sp³-hybridized carbons (Fsp3) is 0.250. The van der Waals surface area contributed by atoms with Crippen molar-refractivity contribution < 1.29 is 0 Å². The molecule has 0 fully saturated rings. The predicted octanol–water partition coefficient (Wildman–Crippen LogP) is 2.89. The summed E-state index contributed by atoms with van der Waals surface area (Å²) in [5, 5.41) is 12.4. The fourth-order valence-corrected chi connectivity index (χ4v) is 1.85. The standard InChI is InChI=1S/C12H12ClN5/c1-2-9(12-15-3-4-16-12)17-11-6-8(7-14)5-10(13)18-11/h3-6,9H,2H2,1H3,(H,15,16)(H,17,18). The van der Waals surface area contributed by atoms with Crippen LogP contribution in [-0.2, 0) is 0 Å². The second-order valence-electron chi connectivity index (χ2n) is 3.76. The lowest BCUT2D eigenvalue weighted by Gasteiger charge is -2.15. The Kier molecular flexibility index (Phi) is 3.80. The highest BCUT2D eigenvalue weighted by Crippen LogP contribution is 2.20. The van der Waals surface area contributed by atoms with E-state index in [0.717, 1.165) is 12.2 Å². The van der Waals surface area contributed by atoms with Crippen molar-refractivity contribution in [1.29, 1.82) is 5.26 Å². The van der Waals surface area contributed by atoms with Gasteiger partial charge in [0, 0.05) is 12.4 Å². The minimum absolute atomic E-state index is 0.0116. The number of nitrogens with zero attached hydrogens (tertiary/aromatic N) is 3. The third kappa shape index (κ3) is 2.79. The van der Waals surface area contributed by atoms with Gasteiger partial charge in [-0.2, -0.15) is 5.26 Å². The number of imidazole rings is 1. The molecule has 0 aliphatic rings. The summed E-state index contributed by atoms with van der Waals surface area (Å²) < 4.78 is 0. The van der Waals surface area contributed by atoms with Gasteiger partial charge < -0.3 is 10.3 Å². The molecule has 2 heterocycles. The molecule has 5 nitrogen and oxygen atoms in total. The van der Waals surface area contributed by atoms with Gasteiger partial charge in [-0.15, -0.1) is 0 Å². The minimum atomic E-state index is 0.0116. The fourth-order valence-electron chi connectivity index (χ4n) is 1.65. The number of rotatable bonds is 4. The average Bonchev–Trinajstić information content (AvgIpc) is 2.89. The SMILES string of the molecule is CCC(Nc1cc(C#N)cc(Cl)n1)c1ncc[nH]1. The number of anilines is 1. The summed E-state index contributed by atoms with van der Waals surface area (Å²) in [5.41, 5.74) is 0.479. The molecule has 0 radical (unpaired) electrons. The summed E-state index contributed by atoms with van der Waals surface area (Å²) in [6.07, 6.45) is 4.31. The molecule has 2 rings (SSSR count). The van der Waals surface area contributed by atoms with E-state index in [2.05, 4.69) is 20.3 Å². The summed E-state index contributed by atoms with van der Waals surface area (Å²) in [7, 11) is 0. The zero-order valence-electron chi connectivity index (χ0n) is 9.81. The van der Waals surface area contributed by atoms with Gasteiger partial charge in [-0.3, -0.25) is 0 Å². The first-order valence-corrected chi connectivity index (χ1v) is 5.94. The topological polar surface area (TPSA) is 77.4 Å². The zero-order chi connectivity index (χ0) is 13.0. The number of halogens is 1. The van der Waals surface area contributed by atoms with E-state index in [-0.39, 0.29) is 6.04 Å². The molecule has 2 aromatic heterocycles. The van der Waals surface area contributed by atoms with E-state index in [1.165, 1.54) is 6.07 Å². The molecule has 92 valence electrons. The Bertz CT molecular complexity index is 558. The molecule has 0 aliphatic carbocycles. The Morgan fingerprint density at radius 3 is 3.00 bits per heavy atom. The van der Waals surface area contributed by atoms with Gasteiger partial charge in [0.2, 0.25) is 0 Å². The second-order valence-corrected chi connectivity index (χ2v) is 4.14. The molecule has 0 saturated carbocycles. The highest BCUT2D eigenvalue weighted by molar-refractivity contribution is 6.29. The Hall–Kier alpha value is -2.06. The van der Waals surface area contributed by atoms with Crippen LogP contribution in [0.5, 0.6) is 0 Å². The third-order valence-electron chi connectivity index (χ3n) is 2.50. The molecular formula is C12H12ClN5. The van der Waals surface area contributed by atoms with Crippen LogP contribution in [-0.4, -0.2) is 15.0 Å². The number of pyridine rings is 1. The maximum absolute atomic E-state index is 8.88. The zero-order valence-corrected chi connectivity index (χ0v) is 10.6. The van der Waals surface area contributed by atoms with E-state index >= 15 is 0 Å². The molecule has 0 saturated heterocycles. The van der Waals surface area contributed by atoms with Crippen LogP contribution in [0.3, 0.4) is 0 Å². The first kappa shape index (κ1) is 12.4. The Morgan fingerprint density at radius 2 is 2.39 bits per heavy atom. The van der Waals surface area contributed by atoms with E-state index in [4.69, 9.17) is 16.9 Å². The number of aromatic nitrogens is 3. The van der Waals surface area contributed by atoms with Gasteiger partial charge in [0.25, 0.3) is 0 Å². The Morgan fingerprint density at radius 1 is 1.56 bits per heavy atom. The first-order valence-electron chi connectivity index (χ1n) is 5.56. The molecule has 1 atom stereocenters. The van der Waals surface area contributed by atoms with Gasteiger partial charge >= 0.3 is 0 Å². The van der Waals surface area contributed by atoms with Crippen molar-refractivity contribution in [2.75, 3.05) is 5.32 Å². The van der Waals surface area contributed by atoms with E-state index in [9.17, 15) is 0 Å². The molecule has 18 heavy (non-hydrogen) atoms. The van der Waals surface area contributed by atoms with Crippen LogP contribution in [0.4, 0.5) is 5.82 Å². The van der Waals surface area contributed by atoms with Gasteiger partial charge in [0.05, 0.1) is 17.7 Å². The van der Waals surface area contributed by atoms with Crippen molar-refractivity contribution in [3.8, 4) is 6.07 Å². The quantitative estimate of drug-likeness (QED) is 0.830. The molecule has 2 aromatic rings. The summed E-state index contributed by atoms with van der Waals surface area (Å²) in [6, 6.07) is 5.25. The summed E-state index contributed by atoms with van der Waals surface area (Å²) in [4.78, 5) is 11.4. The van der Waals surface area contributed by atoms with Crippen LogP contribution < -0.4 is 5.32 Å². The Labute approximate surface area is 110 Å².